The molecule has 1 heterocycles. The predicted molar refractivity (Wildman–Crippen MR) is 100 cm³/mol. The van der Waals surface area contributed by atoms with E-state index in [2.05, 4.69) is 22.0 Å². The van der Waals surface area contributed by atoms with Crippen LogP contribution in [0.3, 0.4) is 0 Å². The number of hydrogen-bond donors (Lipinski definition) is 0. The van der Waals surface area contributed by atoms with Gasteiger partial charge in [0.25, 0.3) is 5.91 Å². The van der Waals surface area contributed by atoms with E-state index in [-0.39, 0.29) is 11.9 Å². The van der Waals surface area contributed by atoms with Gasteiger partial charge in [-0.2, -0.15) is 0 Å². The summed E-state index contributed by atoms with van der Waals surface area (Å²) < 4.78 is 16.7. The van der Waals surface area contributed by atoms with Crippen LogP contribution >= 0.6 is 15.9 Å². The normalized spacial score (nSPS) is 15.7. The number of fused-ring (bicyclic) bond motifs is 1. The molecule has 6 heteroatoms. The number of rotatable bonds is 4. The molecule has 3 rings (SSSR count). The van der Waals surface area contributed by atoms with E-state index in [0.29, 0.717) is 27.3 Å². The van der Waals surface area contributed by atoms with Crippen molar-refractivity contribution in [1.29, 1.82) is 0 Å². The Bertz CT molecular complexity index is 821. The van der Waals surface area contributed by atoms with Crippen molar-refractivity contribution in [2.24, 2.45) is 0 Å². The van der Waals surface area contributed by atoms with Crippen LogP contribution in [0, 0.1) is 0 Å². The first-order valence-electron chi connectivity index (χ1n) is 7.93. The van der Waals surface area contributed by atoms with Crippen molar-refractivity contribution in [3.05, 3.63) is 45.9 Å². The molecule has 0 N–H and O–H groups in total. The number of hydrogen-bond acceptors (Lipinski definition) is 4. The highest BCUT2D eigenvalue weighted by Gasteiger charge is 2.34. The van der Waals surface area contributed by atoms with Gasteiger partial charge >= 0.3 is 0 Å². The molecule has 1 aliphatic heterocycles. The number of carbonyl (C=O) groups excluding carboxylic acids is 1. The van der Waals surface area contributed by atoms with E-state index in [0.717, 1.165) is 12.1 Å². The highest BCUT2D eigenvalue weighted by molar-refractivity contribution is 9.10. The molecule has 0 saturated carbocycles. The highest BCUT2D eigenvalue weighted by atomic mass is 79.9. The van der Waals surface area contributed by atoms with Crippen molar-refractivity contribution >= 4 is 27.5 Å². The molecular formula is C19H20BrNO4. The quantitative estimate of drug-likeness (QED) is 0.768. The maximum Gasteiger partial charge on any atom is 0.259 e. The summed E-state index contributed by atoms with van der Waals surface area (Å²) in [7, 11) is 4.60. The zero-order valence-corrected chi connectivity index (χ0v) is 16.2. The number of methoxy groups -OCH3 is 3. The van der Waals surface area contributed by atoms with Gasteiger partial charge in [0.2, 0.25) is 5.75 Å². The van der Waals surface area contributed by atoms with Crippen molar-refractivity contribution in [3.8, 4) is 17.2 Å². The Hall–Kier alpha value is -2.21. The molecule has 0 saturated heterocycles. The van der Waals surface area contributed by atoms with Crippen LogP contribution in [0.1, 0.15) is 22.8 Å². The first kappa shape index (κ1) is 17.6. The zero-order chi connectivity index (χ0) is 18.1. The van der Waals surface area contributed by atoms with Crippen molar-refractivity contribution in [2.45, 2.75) is 19.4 Å². The zero-order valence-electron chi connectivity index (χ0n) is 14.6. The van der Waals surface area contributed by atoms with Crippen molar-refractivity contribution in [2.75, 3.05) is 26.2 Å². The fourth-order valence-corrected chi connectivity index (χ4v) is 3.91. The van der Waals surface area contributed by atoms with E-state index in [1.54, 1.807) is 6.07 Å². The molecule has 132 valence electrons. The summed E-state index contributed by atoms with van der Waals surface area (Å²) >= 11 is 3.50. The van der Waals surface area contributed by atoms with E-state index in [4.69, 9.17) is 14.2 Å². The van der Waals surface area contributed by atoms with Gasteiger partial charge in [-0.05, 0) is 47.0 Å². The van der Waals surface area contributed by atoms with Crippen LogP contribution in [0.25, 0.3) is 0 Å². The van der Waals surface area contributed by atoms with E-state index < -0.39 is 0 Å². The number of benzene rings is 2. The number of halogens is 1. The lowest BCUT2D eigenvalue weighted by molar-refractivity contribution is 0.0980. The van der Waals surface area contributed by atoms with Crippen LogP contribution in [0.5, 0.6) is 17.2 Å². The summed E-state index contributed by atoms with van der Waals surface area (Å²) in [5.41, 5.74) is 2.59. The lowest BCUT2D eigenvalue weighted by Crippen LogP contribution is -2.36. The molecule has 2 aromatic rings. The number of nitrogens with zero attached hydrogens (tertiary/aromatic N) is 1. The van der Waals surface area contributed by atoms with E-state index >= 15 is 0 Å². The summed E-state index contributed by atoms with van der Waals surface area (Å²) in [4.78, 5) is 15.1. The van der Waals surface area contributed by atoms with Gasteiger partial charge in [0.15, 0.2) is 11.5 Å². The number of ether oxygens (including phenoxy) is 3. The average Bonchev–Trinajstić information content (AvgIpc) is 2.96. The van der Waals surface area contributed by atoms with Crippen LogP contribution in [0.15, 0.2) is 34.8 Å². The monoisotopic (exact) mass is 405 g/mol. The molecule has 0 aliphatic carbocycles. The van der Waals surface area contributed by atoms with E-state index in [1.165, 1.54) is 26.9 Å². The fraction of sp³-hybridized carbons (Fsp3) is 0.316. The summed E-state index contributed by atoms with van der Waals surface area (Å²) in [5.74, 6) is 1.23. The number of carbonyl (C=O) groups is 1. The number of para-hydroxylation sites is 1. The van der Waals surface area contributed by atoms with Gasteiger partial charge < -0.3 is 19.1 Å². The van der Waals surface area contributed by atoms with Crippen LogP contribution in [0.2, 0.25) is 0 Å². The second kappa shape index (κ2) is 6.96. The van der Waals surface area contributed by atoms with E-state index in [9.17, 15) is 4.79 Å². The van der Waals surface area contributed by atoms with Gasteiger partial charge in [-0.1, -0.05) is 18.2 Å². The molecule has 0 aromatic heterocycles. The Balaban J connectivity index is 2.12. The smallest absolute Gasteiger partial charge is 0.259 e. The maximum absolute atomic E-state index is 13.3. The second-order valence-electron chi connectivity index (χ2n) is 5.86. The van der Waals surface area contributed by atoms with Gasteiger partial charge in [-0.25, -0.2) is 0 Å². The SMILES string of the molecule is COc1cc(C(=O)N2c3ccccc3CC2C)c(Br)c(OC)c1OC. The lowest BCUT2D eigenvalue weighted by Gasteiger charge is -2.24. The molecule has 0 spiro atoms. The van der Waals surface area contributed by atoms with Crippen LogP contribution < -0.4 is 19.1 Å². The second-order valence-corrected chi connectivity index (χ2v) is 6.66. The summed E-state index contributed by atoms with van der Waals surface area (Å²) in [6, 6.07) is 9.74. The Morgan fingerprint density at radius 3 is 2.44 bits per heavy atom. The molecule has 2 aromatic carbocycles. The molecule has 1 unspecified atom stereocenters. The molecule has 0 radical (unpaired) electrons. The van der Waals surface area contributed by atoms with Gasteiger partial charge in [0.1, 0.15) is 0 Å². The molecule has 1 atom stereocenters. The molecule has 0 bridgehead atoms. The molecule has 1 aliphatic rings. The summed E-state index contributed by atoms with van der Waals surface area (Å²) in [6.07, 6.45) is 0.837. The first-order valence-corrected chi connectivity index (χ1v) is 8.72. The average molecular weight is 406 g/mol. The van der Waals surface area contributed by atoms with Gasteiger partial charge in [0, 0.05) is 11.7 Å². The Morgan fingerprint density at radius 1 is 1.12 bits per heavy atom. The minimum absolute atomic E-state index is 0.0795. The summed E-state index contributed by atoms with van der Waals surface area (Å²) in [6.45, 7) is 2.05. The molecule has 5 nitrogen and oxygen atoms in total. The van der Waals surface area contributed by atoms with Crippen LogP contribution in [-0.2, 0) is 6.42 Å². The topological polar surface area (TPSA) is 48.0 Å². The van der Waals surface area contributed by atoms with Gasteiger partial charge in [-0.15, -0.1) is 0 Å². The van der Waals surface area contributed by atoms with Crippen molar-refractivity contribution in [3.63, 3.8) is 0 Å². The fourth-order valence-electron chi connectivity index (χ4n) is 3.28. The molecule has 25 heavy (non-hydrogen) atoms. The predicted octanol–water partition coefficient (Wildman–Crippen LogP) is 4.07. The Labute approximate surface area is 155 Å². The number of anilines is 1. The summed E-state index contributed by atoms with van der Waals surface area (Å²) in [5, 5.41) is 0. The first-order chi connectivity index (χ1) is 12.0. The van der Waals surface area contributed by atoms with E-state index in [1.807, 2.05) is 30.0 Å². The van der Waals surface area contributed by atoms with Gasteiger partial charge in [0.05, 0.1) is 31.4 Å². The van der Waals surface area contributed by atoms with Gasteiger partial charge in [-0.3, -0.25) is 4.79 Å². The van der Waals surface area contributed by atoms with Crippen molar-refractivity contribution < 1.29 is 19.0 Å². The number of amides is 1. The molecule has 0 fully saturated rings. The lowest BCUT2D eigenvalue weighted by atomic mass is 10.1. The largest absolute Gasteiger partial charge is 0.493 e. The highest BCUT2D eigenvalue weighted by Crippen LogP contribution is 2.46. The standard InChI is InChI=1S/C19H20BrNO4/c1-11-9-12-7-5-6-8-14(12)21(11)19(22)13-10-15(23-2)17(24-3)18(25-4)16(13)20/h5-8,10-11H,9H2,1-4H3. The third kappa shape index (κ3) is 2.84. The Morgan fingerprint density at radius 2 is 1.80 bits per heavy atom. The molecule has 1 amide bonds. The molecular weight excluding hydrogens is 386 g/mol. The van der Waals surface area contributed by atoms with Crippen LogP contribution in [0.4, 0.5) is 5.69 Å². The van der Waals surface area contributed by atoms with Crippen molar-refractivity contribution in [1.82, 2.24) is 0 Å². The minimum Gasteiger partial charge on any atom is -0.493 e. The maximum atomic E-state index is 13.3. The third-order valence-electron chi connectivity index (χ3n) is 4.43. The van der Waals surface area contributed by atoms with Crippen LogP contribution in [-0.4, -0.2) is 33.3 Å². The minimum atomic E-state index is -0.108. The Kier molecular flexibility index (Phi) is 4.90. The third-order valence-corrected chi connectivity index (χ3v) is 5.21.